The minimum atomic E-state index is -0.131. The van der Waals surface area contributed by atoms with Crippen LogP contribution in [0.5, 0.6) is 0 Å². The number of hydrogen-bond acceptors (Lipinski definition) is 3. The van der Waals surface area contributed by atoms with Gasteiger partial charge in [0.05, 0.1) is 12.8 Å². The number of carbonyl (C=O) groups is 1. The normalized spacial score (nSPS) is 17.1. The van der Waals surface area contributed by atoms with Gasteiger partial charge in [-0.15, -0.1) is 0 Å². The summed E-state index contributed by atoms with van der Waals surface area (Å²) in [5, 5.41) is 5.65. The summed E-state index contributed by atoms with van der Waals surface area (Å²) in [5.41, 5.74) is 0. The second-order valence-electron chi connectivity index (χ2n) is 5.57. The molecule has 0 radical (unpaired) electrons. The second kappa shape index (κ2) is 7.94. The number of likely N-dealkylation sites (tertiary alicyclic amines) is 1. The van der Waals surface area contributed by atoms with E-state index in [0.717, 1.165) is 31.2 Å². The van der Waals surface area contributed by atoms with Gasteiger partial charge in [-0.05, 0) is 56.9 Å². The molecule has 0 bridgehead atoms. The molecule has 20 heavy (non-hydrogen) atoms. The van der Waals surface area contributed by atoms with Crippen LogP contribution in [0.25, 0.3) is 0 Å². The highest BCUT2D eigenvalue weighted by atomic mass is 16.3. The molecule has 1 saturated heterocycles. The first-order valence-corrected chi connectivity index (χ1v) is 7.50. The number of piperidine rings is 1. The number of rotatable bonds is 6. The van der Waals surface area contributed by atoms with Gasteiger partial charge in [0.15, 0.2) is 0 Å². The van der Waals surface area contributed by atoms with E-state index in [0.29, 0.717) is 6.54 Å². The van der Waals surface area contributed by atoms with Crippen molar-refractivity contribution in [3.8, 4) is 0 Å². The molecule has 2 heterocycles. The van der Waals surface area contributed by atoms with Gasteiger partial charge in [0, 0.05) is 6.54 Å². The first-order chi connectivity index (χ1) is 9.74. The number of furan rings is 1. The lowest BCUT2D eigenvalue weighted by Gasteiger charge is -2.30. The predicted molar refractivity (Wildman–Crippen MR) is 78.4 cm³/mol. The third kappa shape index (κ3) is 5.25. The molecule has 1 aromatic rings. The first kappa shape index (κ1) is 14.9. The molecular formula is C15H25N3O2. The summed E-state index contributed by atoms with van der Waals surface area (Å²) in [6.45, 7) is 6.95. The highest BCUT2D eigenvalue weighted by Crippen LogP contribution is 2.15. The molecule has 0 atom stereocenters. The lowest BCUT2D eigenvalue weighted by Crippen LogP contribution is -2.38. The fraction of sp³-hybridized carbons (Fsp3) is 0.667. The lowest BCUT2D eigenvalue weighted by atomic mass is 9.99. The van der Waals surface area contributed by atoms with Gasteiger partial charge in [-0.3, -0.25) is 0 Å². The van der Waals surface area contributed by atoms with Crippen LogP contribution < -0.4 is 10.6 Å². The minimum Gasteiger partial charge on any atom is -0.467 e. The fourth-order valence-electron chi connectivity index (χ4n) is 2.43. The average molecular weight is 279 g/mol. The Hall–Kier alpha value is -1.49. The molecule has 5 heteroatoms. The summed E-state index contributed by atoms with van der Waals surface area (Å²) in [6, 6.07) is 3.53. The summed E-state index contributed by atoms with van der Waals surface area (Å²) in [5.74, 6) is 1.64. The number of carbonyl (C=O) groups excluding carboxylic acids is 1. The maximum atomic E-state index is 11.6. The van der Waals surface area contributed by atoms with Crippen molar-refractivity contribution in [1.82, 2.24) is 15.5 Å². The summed E-state index contributed by atoms with van der Waals surface area (Å²) >= 11 is 0. The van der Waals surface area contributed by atoms with Crippen LogP contribution in [0.2, 0.25) is 0 Å². The standard InChI is InChI=1S/C15H25N3O2/c1-13-5-9-18(10-6-13)8-3-7-16-15(19)17-12-14-4-2-11-20-14/h2,4,11,13H,3,5-10,12H2,1H3,(H2,16,17,19). The zero-order valence-corrected chi connectivity index (χ0v) is 12.2. The van der Waals surface area contributed by atoms with Crippen LogP contribution >= 0.6 is 0 Å². The molecule has 0 aromatic carbocycles. The quantitative estimate of drug-likeness (QED) is 0.785. The topological polar surface area (TPSA) is 57.5 Å². The van der Waals surface area contributed by atoms with E-state index >= 15 is 0 Å². The Bertz CT molecular complexity index is 384. The maximum absolute atomic E-state index is 11.6. The molecular weight excluding hydrogens is 254 g/mol. The Morgan fingerprint density at radius 2 is 2.20 bits per heavy atom. The zero-order chi connectivity index (χ0) is 14.2. The van der Waals surface area contributed by atoms with E-state index in [1.807, 2.05) is 12.1 Å². The van der Waals surface area contributed by atoms with Crippen LogP contribution in [0, 0.1) is 5.92 Å². The Kier molecular flexibility index (Phi) is 5.92. The molecule has 0 aliphatic carbocycles. The van der Waals surface area contributed by atoms with Crippen molar-refractivity contribution < 1.29 is 9.21 Å². The summed E-state index contributed by atoms with van der Waals surface area (Å²) < 4.78 is 5.15. The van der Waals surface area contributed by atoms with Crippen LogP contribution in [0.3, 0.4) is 0 Å². The number of hydrogen-bond donors (Lipinski definition) is 2. The Balaban J connectivity index is 1.49. The third-order valence-electron chi connectivity index (χ3n) is 3.82. The fourth-order valence-corrected chi connectivity index (χ4v) is 2.43. The molecule has 1 aromatic heterocycles. The summed E-state index contributed by atoms with van der Waals surface area (Å²) in [4.78, 5) is 14.0. The van der Waals surface area contributed by atoms with Crippen LogP contribution in [-0.2, 0) is 6.54 Å². The van der Waals surface area contributed by atoms with Crippen LogP contribution in [-0.4, -0.2) is 37.1 Å². The Labute approximate surface area is 120 Å². The minimum absolute atomic E-state index is 0.131. The van der Waals surface area contributed by atoms with Gasteiger partial charge in [0.25, 0.3) is 0 Å². The molecule has 1 fully saturated rings. The van der Waals surface area contributed by atoms with Crippen LogP contribution in [0.4, 0.5) is 4.79 Å². The molecule has 2 amide bonds. The summed E-state index contributed by atoms with van der Waals surface area (Å²) in [7, 11) is 0. The maximum Gasteiger partial charge on any atom is 0.315 e. The number of nitrogens with one attached hydrogen (secondary N) is 2. The van der Waals surface area contributed by atoms with Crippen molar-refractivity contribution >= 4 is 6.03 Å². The molecule has 0 saturated carbocycles. The van der Waals surface area contributed by atoms with Crippen molar-refractivity contribution in [3.05, 3.63) is 24.2 Å². The van der Waals surface area contributed by atoms with Gasteiger partial charge in [0.2, 0.25) is 0 Å². The van der Waals surface area contributed by atoms with Gasteiger partial charge in [-0.1, -0.05) is 6.92 Å². The first-order valence-electron chi connectivity index (χ1n) is 7.50. The van der Waals surface area contributed by atoms with Crippen molar-refractivity contribution in [2.24, 2.45) is 5.92 Å². The molecule has 2 N–H and O–H groups in total. The van der Waals surface area contributed by atoms with Gasteiger partial charge < -0.3 is 20.0 Å². The molecule has 112 valence electrons. The van der Waals surface area contributed by atoms with Crippen LogP contribution in [0.15, 0.2) is 22.8 Å². The molecule has 1 aliphatic heterocycles. The van der Waals surface area contributed by atoms with E-state index in [9.17, 15) is 4.79 Å². The van der Waals surface area contributed by atoms with Crippen molar-refractivity contribution in [1.29, 1.82) is 0 Å². The molecule has 0 spiro atoms. The van der Waals surface area contributed by atoms with Gasteiger partial charge in [-0.25, -0.2) is 4.79 Å². The number of urea groups is 1. The average Bonchev–Trinajstić information content (AvgIpc) is 2.96. The molecule has 2 rings (SSSR count). The number of amides is 2. The SMILES string of the molecule is CC1CCN(CCCNC(=O)NCc2ccco2)CC1. The Morgan fingerprint density at radius 3 is 2.90 bits per heavy atom. The highest BCUT2D eigenvalue weighted by molar-refractivity contribution is 5.73. The smallest absolute Gasteiger partial charge is 0.315 e. The van der Waals surface area contributed by atoms with E-state index in [-0.39, 0.29) is 6.03 Å². The van der Waals surface area contributed by atoms with Gasteiger partial charge >= 0.3 is 6.03 Å². The lowest BCUT2D eigenvalue weighted by molar-refractivity contribution is 0.190. The van der Waals surface area contributed by atoms with E-state index in [2.05, 4.69) is 22.5 Å². The molecule has 1 aliphatic rings. The third-order valence-corrected chi connectivity index (χ3v) is 3.82. The molecule has 0 unspecified atom stereocenters. The Morgan fingerprint density at radius 1 is 1.40 bits per heavy atom. The van der Waals surface area contributed by atoms with E-state index < -0.39 is 0 Å². The zero-order valence-electron chi connectivity index (χ0n) is 12.2. The van der Waals surface area contributed by atoms with E-state index in [1.54, 1.807) is 6.26 Å². The van der Waals surface area contributed by atoms with Crippen LogP contribution in [0.1, 0.15) is 31.9 Å². The van der Waals surface area contributed by atoms with E-state index in [1.165, 1.54) is 25.9 Å². The highest BCUT2D eigenvalue weighted by Gasteiger charge is 2.14. The van der Waals surface area contributed by atoms with Gasteiger partial charge in [0.1, 0.15) is 5.76 Å². The van der Waals surface area contributed by atoms with Crippen molar-refractivity contribution in [2.45, 2.75) is 32.7 Å². The van der Waals surface area contributed by atoms with E-state index in [4.69, 9.17) is 4.42 Å². The van der Waals surface area contributed by atoms with Gasteiger partial charge in [-0.2, -0.15) is 0 Å². The largest absolute Gasteiger partial charge is 0.467 e. The predicted octanol–water partition coefficient (Wildman–Crippen LogP) is 2.20. The number of nitrogens with zero attached hydrogens (tertiary/aromatic N) is 1. The van der Waals surface area contributed by atoms with Crippen molar-refractivity contribution in [3.63, 3.8) is 0 Å². The summed E-state index contributed by atoms with van der Waals surface area (Å²) in [6.07, 6.45) is 5.21. The molecule has 5 nitrogen and oxygen atoms in total. The second-order valence-corrected chi connectivity index (χ2v) is 5.57. The van der Waals surface area contributed by atoms with Crippen molar-refractivity contribution in [2.75, 3.05) is 26.2 Å². The monoisotopic (exact) mass is 279 g/mol.